The molecule has 2 nitrogen and oxygen atoms in total. The van der Waals surface area contributed by atoms with Crippen LogP contribution in [-0.4, -0.2) is 37.6 Å². The van der Waals surface area contributed by atoms with Crippen LogP contribution in [0.15, 0.2) is 0 Å². The predicted molar refractivity (Wildman–Crippen MR) is 60.4 cm³/mol. The minimum Gasteiger partial charge on any atom is -0.315 e. The summed E-state index contributed by atoms with van der Waals surface area (Å²) in [6.45, 7) is 11.1. The number of nitrogens with zero attached hydrogens (tertiary/aromatic N) is 1. The zero-order valence-corrected chi connectivity index (χ0v) is 9.68. The summed E-state index contributed by atoms with van der Waals surface area (Å²) in [7, 11) is 0. The fourth-order valence-electron chi connectivity index (χ4n) is 2.44. The first-order chi connectivity index (χ1) is 6.68. The Bertz CT molecular complexity index is 176. The van der Waals surface area contributed by atoms with E-state index in [4.69, 9.17) is 0 Å². The van der Waals surface area contributed by atoms with E-state index in [1.165, 1.54) is 52.0 Å². The summed E-state index contributed by atoms with van der Waals surface area (Å²) in [5, 5.41) is 3.59. The molecule has 0 aromatic heterocycles. The first-order valence-electron chi connectivity index (χ1n) is 6.11. The van der Waals surface area contributed by atoms with Crippen molar-refractivity contribution in [3.05, 3.63) is 0 Å². The second kappa shape index (κ2) is 4.19. The quantitative estimate of drug-likeness (QED) is 0.674. The normalized spacial score (nSPS) is 30.9. The SMILES string of the molecule is CC1(C)CC1CNCCN1CCCC1. The van der Waals surface area contributed by atoms with Gasteiger partial charge in [-0.3, -0.25) is 0 Å². The highest BCUT2D eigenvalue weighted by Gasteiger charge is 2.44. The van der Waals surface area contributed by atoms with Gasteiger partial charge in [-0.1, -0.05) is 13.8 Å². The summed E-state index contributed by atoms with van der Waals surface area (Å²) in [5.41, 5.74) is 0.640. The van der Waals surface area contributed by atoms with Crippen LogP contribution in [0.4, 0.5) is 0 Å². The monoisotopic (exact) mass is 196 g/mol. The Morgan fingerprint density at radius 2 is 1.93 bits per heavy atom. The Hall–Kier alpha value is -0.0800. The van der Waals surface area contributed by atoms with E-state index in [9.17, 15) is 0 Å². The van der Waals surface area contributed by atoms with Gasteiger partial charge >= 0.3 is 0 Å². The van der Waals surface area contributed by atoms with Crippen LogP contribution in [-0.2, 0) is 0 Å². The molecule has 0 amide bonds. The number of hydrogen-bond acceptors (Lipinski definition) is 2. The highest BCUT2D eigenvalue weighted by molar-refractivity contribution is 4.96. The molecular weight excluding hydrogens is 172 g/mol. The van der Waals surface area contributed by atoms with Gasteiger partial charge < -0.3 is 10.2 Å². The molecule has 0 radical (unpaired) electrons. The largest absolute Gasteiger partial charge is 0.315 e. The zero-order valence-electron chi connectivity index (χ0n) is 9.68. The van der Waals surface area contributed by atoms with Crippen LogP contribution in [0.25, 0.3) is 0 Å². The number of hydrogen-bond donors (Lipinski definition) is 1. The van der Waals surface area contributed by atoms with Crippen molar-refractivity contribution >= 4 is 0 Å². The van der Waals surface area contributed by atoms with Gasteiger partial charge in [0.25, 0.3) is 0 Å². The molecule has 1 saturated heterocycles. The third kappa shape index (κ3) is 2.71. The highest BCUT2D eigenvalue weighted by Crippen LogP contribution is 2.50. The van der Waals surface area contributed by atoms with Gasteiger partial charge in [-0.15, -0.1) is 0 Å². The van der Waals surface area contributed by atoms with Crippen LogP contribution in [0.5, 0.6) is 0 Å². The Balaban J connectivity index is 1.48. The van der Waals surface area contributed by atoms with Gasteiger partial charge in [0.15, 0.2) is 0 Å². The van der Waals surface area contributed by atoms with Gasteiger partial charge in [-0.05, 0) is 50.2 Å². The summed E-state index contributed by atoms with van der Waals surface area (Å²) in [6, 6.07) is 0. The first-order valence-corrected chi connectivity index (χ1v) is 6.11. The highest BCUT2D eigenvalue weighted by atomic mass is 15.1. The van der Waals surface area contributed by atoms with Crippen molar-refractivity contribution in [2.75, 3.05) is 32.7 Å². The lowest BCUT2D eigenvalue weighted by molar-refractivity contribution is 0.333. The molecule has 1 atom stereocenters. The Labute approximate surface area is 88.1 Å². The van der Waals surface area contributed by atoms with E-state index in [-0.39, 0.29) is 0 Å². The molecule has 1 heterocycles. The van der Waals surface area contributed by atoms with E-state index in [0.717, 1.165) is 5.92 Å². The van der Waals surface area contributed by atoms with Crippen LogP contribution in [0.1, 0.15) is 33.1 Å². The van der Waals surface area contributed by atoms with Gasteiger partial charge in [-0.25, -0.2) is 0 Å². The van der Waals surface area contributed by atoms with Crippen molar-refractivity contribution in [2.45, 2.75) is 33.1 Å². The summed E-state index contributed by atoms with van der Waals surface area (Å²) in [4.78, 5) is 2.57. The van der Waals surface area contributed by atoms with Crippen LogP contribution < -0.4 is 5.32 Å². The van der Waals surface area contributed by atoms with Crippen LogP contribution in [0.2, 0.25) is 0 Å². The fraction of sp³-hybridized carbons (Fsp3) is 1.00. The average Bonchev–Trinajstić information content (AvgIpc) is 2.60. The van der Waals surface area contributed by atoms with Crippen molar-refractivity contribution < 1.29 is 0 Å². The molecule has 1 aliphatic heterocycles. The van der Waals surface area contributed by atoms with E-state index < -0.39 is 0 Å². The molecular formula is C12H24N2. The molecule has 2 aliphatic rings. The van der Waals surface area contributed by atoms with Crippen molar-refractivity contribution in [3.8, 4) is 0 Å². The number of rotatable bonds is 5. The molecule has 0 aromatic rings. The maximum atomic E-state index is 3.59. The van der Waals surface area contributed by atoms with Crippen molar-refractivity contribution in [3.63, 3.8) is 0 Å². The van der Waals surface area contributed by atoms with Gasteiger partial charge in [0.2, 0.25) is 0 Å². The van der Waals surface area contributed by atoms with Crippen molar-refractivity contribution in [2.24, 2.45) is 11.3 Å². The second-order valence-electron chi connectivity index (χ2n) is 5.64. The molecule has 1 aliphatic carbocycles. The van der Waals surface area contributed by atoms with Crippen LogP contribution >= 0.6 is 0 Å². The molecule has 2 fully saturated rings. The summed E-state index contributed by atoms with van der Waals surface area (Å²) in [5.74, 6) is 0.945. The first kappa shape index (κ1) is 10.4. The molecule has 1 unspecified atom stereocenters. The Morgan fingerprint density at radius 3 is 2.50 bits per heavy atom. The van der Waals surface area contributed by atoms with Crippen LogP contribution in [0, 0.1) is 11.3 Å². The summed E-state index contributed by atoms with van der Waals surface area (Å²) in [6.07, 6.45) is 4.25. The van der Waals surface area contributed by atoms with Crippen molar-refractivity contribution in [1.29, 1.82) is 0 Å². The van der Waals surface area contributed by atoms with Gasteiger partial charge in [-0.2, -0.15) is 0 Å². The minimum atomic E-state index is 0.640. The van der Waals surface area contributed by atoms with E-state index in [1.54, 1.807) is 0 Å². The lowest BCUT2D eigenvalue weighted by Crippen LogP contribution is -2.31. The zero-order chi connectivity index (χ0) is 10.0. The molecule has 14 heavy (non-hydrogen) atoms. The molecule has 0 spiro atoms. The molecule has 2 heteroatoms. The summed E-state index contributed by atoms with van der Waals surface area (Å²) < 4.78 is 0. The number of nitrogens with one attached hydrogen (secondary N) is 1. The lowest BCUT2D eigenvalue weighted by atomic mass is 10.1. The standard InChI is InChI=1S/C12H24N2/c1-12(2)9-11(12)10-13-5-8-14-6-3-4-7-14/h11,13H,3-10H2,1-2H3. The summed E-state index contributed by atoms with van der Waals surface area (Å²) >= 11 is 0. The van der Waals surface area contributed by atoms with E-state index >= 15 is 0 Å². The van der Waals surface area contributed by atoms with Crippen LogP contribution in [0.3, 0.4) is 0 Å². The van der Waals surface area contributed by atoms with Gasteiger partial charge in [0, 0.05) is 13.1 Å². The molecule has 0 bridgehead atoms. The molecule has 1 saturated carbocycles. The van der Waals surface area contributed by atoms with Crippen molar-refractivity contribution in [1.82, 2.24) is 10.2 Å². The van der Waals surface area contributed by atoms with Gasteiger partial charge in [0.05, 0.1) is 0 Å². The Kier molecular flexibility index (Phi) is 3.13. The third-order valence-electron chi connectivity index (χ3n) is 3.91. The van der Waals surface area contributed by atoms with Gasteiger partial charge in [0.1, 0.15) is 0 Å². The fourth-order valence-corrected chi connectivity index (χ4v) is 2.44. The minimum absolute atomic E-state index is 0.640. The number of likely N-dealkylation sites (tertiary alicyclic amines) is 1. The second-order valence-corrected chi connectivity index (χ2v) is 5.64. The predicted octanol–water partition coefficient (Wildman–Crippen LogP) is 1.72. The van der Waals surface area contributed by atoms with E-state index in [2.05, 4.69) is 24.1 Å². The molecule has 82 valence electrons. The molecule has 2 rings (SSSR count). The third-order valence-corrected chi connectivity index (χ3v) is 3.91. The lowest BCUT2D eigenvalue weighted by Gasteiger charge is -2.14. The topological polar surface area (TPSA) is 15.3 Å². The molecule has 0 aromatic carbocycles. The van der Waals surface area contributed by atoms with E-state index in [1.807, 2.05) is 0 Å². The maximum Gasteiger partial charge on any atom is 0.0107 e. The average molecular weight is 196 g/mol. The smallest absolute Gasteiger partial charge is 0.0107 e. The van der Waals surface area contributed by atoms with E-state index in [0.29, 0.717) is 5.41 Å². The molecule has 1 N–H and O–H groups in total. The maximum absolute atomic E-state index is 3.59. The Morgan fingerprint density at radius 1 is 1.29 bits per heavy atom.